The summed E-state index contributed by atoms with van der Waals surface area (Å²) in [5.41, 5.74) is 8.95. The summed E-state index contributed by atoms with van der Waals surface area (Å²) in [4.78, 5) is 8.49. The largest absolute Gasteiger partial charge is 0.488 e. The van der Waals surface area contributed by atoms with Crippen LogP contribution in [0, 0.1) is 16.7 Å². The van der Waals surface area contributed by atoms with E-state index in [1.165, 1.54) is 6.33 Å². The van der Waals surface area contributed by atoms with E-state index in [9.17, 15) is 5.26 Å². The van der Waals surface area contributed by atoms with E-state index in [0.717, 1.165) is 18.4 Å². The van der Waals surface area contributed by atoms with E-state index in [0.29, 0.717) is 59.6 Å². The van der Waals surface area contributed by atoms with Crippen LogP contribution in [-0.2, 0) is 11.3 Å². The SMILES string of the molecule is N#Cc1ccccc1OCc1cccc(Oc2ccc(C(=N)c3c(N)ncnc3NC3CCOCC3)cc2)c1. The highest BCUT2D eigenvalue weighted by atomic mass is 16.5. The Morgan fingerprint density at radius 1 is 1.03 bits per heavy atom. The summed E-state index contributed by atoms with van der Waals surface area (Å²) in [6.45, 7) is 1.69. The van der Waals surface area contributed by atoms with Gasteiger partial charge in [-0.05, 0) is 66.9 Å². The highest BCUT2D eigenvalue weighted by Crippen LogP contribution is 2.27. The van der Waals surface area contributed by atoms with Crippen molar-refractivity contribution in [1.29, 1.82) is 10.7 Å². The average molecular weight is 521 g/mol. The molecule has 1 aliphatic rings. The zero-order valence-electron chi connectivity index (χ0n) is 21.3. The van der Waals surface area contributed by atoms with Crippen molar-refractivity contribution in [2.75, 3.05) is 24.3 Å². The zero-order chi connectivity index (χ0) is 27.0. The van der Waals surface area contributed by atoms with Crippen LogP contribution < -0.4 is 20.5 Å². The lowest BCUT2D eigenvalue weighted by atomic mass is 10.0. The van der Waals surface area contributed by atoms with Crippen LogP contribution in [0.3, 0.4) is 0 Å². The Hall–Kier alpha value is -4.94. The van der Waals surface area contributed by atoms with Gasteiger partial charge in [-0.15, -0.1) is 0 Å². The summed E-state index contributed by atoms with van der Waals surface area (Å²) >= 11 is 0. The van der Waals surface area contributed by atoms with Crippen molar-refractivity contribution in [3.63, 3.8) is 0 Å². The fraction of sp³-hybridized carbons (Fsp3) is 0.200. The van der Waals surface area contributed by atoms with E-state index >= 15 is 0 Å². The molecule has 4 N–H and O–H groups in total. The number of nitrogens with zero attached hydrogens (tertiary/aromatic N) is 3. The molecule has 1 saturated heterocycles. The number of rotatable bonds is 9. The van der Waals surface area contributed by atoms with Gasteiger partial charge < -0.3 is 25.3 Å². The maximum absolute atomic E-state index is 9.25. The van der Waals surface area contributed by atoms with E-state index in [1.807, 2.05) is 54.6 Å². The number of hydrogen-bond acceptors (Lipinski definition) is 9. The number of nitriles is 1. The molecule has 196 valence electrons. The molecule has 0 aliphatic carbocycles. The fourth-order valence-electron chi connectivity index (χ4n) is 4.31. The molecule has 1 aromatic heterocycles. The fourth-order valence-corrected chi connectivity index (χ4v) is 4.31. The molecule has 39 heavy (non-hydrogen) atoms. The van der Waals surface area contributed by atoms with Crippen LogP contribution in [0.1, 0.15) is 35.1 Å². The third-order valence-corrected chi connectivity index (χ3v) is 6.37. The van der Waals surface area contributed by atoms with Gasteiger partial charge in [-0.2, -0.15) is 5.26 Å². The number of nitrogens with one attached hydrogen (secondary N) is 2. The number of hydrogen-bond donors (Lipinski definition) is 3. The first kappa shape index (κ1) is 25.7. The first-order chi connectivity index (χ1) is 19.1. The molecular weight excluding hydrogens is 492 g/mol. The minimum Gasteiger partial charge on any atom is -0.488 e. The predicted octanol–water partition coefficient (Wildman–Crippen LogP) is 5.31. The van der Waals surface area contributed by atoms with Crippen LogP contribution in [0.4, 0.5) is 11.6 Å². The quantitative estimate of drug-likeness (QED) is 0.252. The number of ether oxygens (including phenoxy) is 3. The number of nitrogen functional groups attached to an aromatic ring is 1. The van der Waals surface area contributed by atoms with Crippen LogP contribution in [0.2, 0.25) is 0 Å². The minimum absolute atomic E-state index is 0.206. The van der Waals surface area contributed by atoms with Crippen molar-refractivity contribution in [2.24, 2.45) is 0 Å². The van der Waals surface area contributed by atoms with Crippen molar-refractivity contribution in [3.8, 4) is 23.3 Å². The number of anilines is 2. The second kappa shape index (κ2) is 12.1. The Morgan fingerprint density at radius 3 is 2.62 bits per heavy atom. The average Bonchev–Trinajstić information content (AvgIpc) is 2.97. The van der Waals surface area contributed by atoms with Gasteiger partial charge in [0, 0.05) is 24.8 Å². The Balaban J connectivity index is 1.26. The first-order valence-electron chi connectivity index (χ1n) is 12.6. The molecule has 3 aromatic carbocycles. The standard InChI is InChI=1S/C30H28N6O3/c31-17-22-5-1-2-7-26(22)38-18-20-4-3-6-25(16-20)39-24-10-8-21(9-11-24)28(32)27-29(33)34-19-35-30(27)36-23-12-14-37-15-13-23/h1-11,16,19,23,32H,12-15,18H2,(H3,33,34,35,36). The van der Waals surface area contributed by atoms with Gasteiger partial charge in [0.2, 0.25) is 0 Å². The molecule has 9 nitrogen and oxygen atoms in total. The normalized spacial score (nSPS) is 13.3. The van der Waals surface area contributed by atoms with Crippen molar-refractivity contribution in [2.45, 2.75) is 25.5 Å². The van der Waals surface area contributed by atoms with Gasteiger partial charge in [-0.1, -0.05) is 24.3 Å². The Bertz CT molecular complexity index is 1490. The van der Waals surface area contributed by atoms with E-state index in [4.69, 9.17) is 25.4 Å². The molecule has 9 heteroatoms. The van der Waals surface area contributed by atoms with E-state index in [2.05, 4.69) is 21.4 Å². The lowest BCUT2D eigenvalue weighted by Gasteiger charge is -2.25. The van der Waals surface area contributed by atoms with Gasteiger partial charge in [0.05, 0.1) is 16.8 Å². The van der Waals surface area contributed by atoms with Gasteiger partial charge in [-0.25, -0.2) is 9.97 Å². The Morgan fingerprint density at radius 2 is 1.82 bits per heavy atom. The lowest BCUT2D eigenvalue weighted by Crippen LogP contribution is -2.29. The second-order valence-corrected chi connectivity index (χ2v) is 9.06. The van der Waals surface area contributed by atoms with Gasteiger partial charge in [0.1, 0.15) is 47.9 Å². The van der Waals surface area contributed by atoms with Crippen LogP contribution in [0.25, 0.3) is 0 Å². The van der Waals surface area contributed by atoms with Crippen molar-refractivity contribution in [1.82, 2.24) is 9.97 Å². The number of nitrogens with two attached hydrogens (primary N) is 1. The summed E-state index contributed by atoms with van der Waals surface area (Å²) in [6, 6.07) is 24.3. The van der Waals surface area contributed by atoms with Gasteiger partial charge in [0.25, 0.3) is 0 Å². The number of para-hydroxylation sites is 1. The predicted molar refractivity (Wildman–Crippen MR) is 148 cm³/mol. The maximum atomic E-state index is 9.25. The molecular formula is C30H28N6O3. The van der Waals surface area contributed by atoms with Crippen LogP contribution >= 0.6 is 0 Å². The van der Waals surface area contributed by atoms with Crippen molar-refractivity contribution < 1.29 is 14.2 Å². The molecule has 0 unspecified atom stereocenters. The molecule has 2 heterocycles. The lowest BCUT2D eigenvalue weighted by molar-refractivity contribution is 0.0904. The molecule has 0 atom stereocenters. The van der Waals surface area contributed by atoms with Crippen LogP contribution in [-0.4, -0.2) is 34.9 Å². The van der Waals surface area contributed by atoms with E-state index < -0.39 is 0 Å². The van der Waals surface area contributed by atoms with Gasteiger partial charge >= 0.3 is 0 Å². The summed E-state index contributed by atoms with van der Waals surface area (Å²) < 4.78 is 17.3. The molecule has 0 radical (unpaired) electrons. The zero-order valence-corrected chi connectivity index (χ0v) is 21.3. The summed E-state index contributed by atoms with van der Waals surface area (Å²) in [7, 11) is 0. The third kappa shape index (κ3) is 6.32. The monoisotopic (exact) mass is 520 g/mol. The second-order valence-electron chi connectivity index (χ2n) is 9.06. The number of aromatic nitrogens is 2. The molecule has 0 bridgehead atoms. The summed E-state index contributed by atoms with van der Waals surface area (Å²) in [5, 5.41) is 21.5. The molecule has 5 rings (SSSR count). The topological polar surface area (TPSA) is 139 Å². The summed E-state index contributed by atoms with van der Waals surface area (Å²) in [6.07, 6.45) is 3.14. The van der Waals surface area contributed by atoms with E-state index in [-0.39, 0.29) is 17.6 Å². The van der Waals surface area contributed by atoms with Gasteiger partial charge in [-0.3, -0.25) is 5.41 Å². The van der Waals surface area contributed by atoms with Gasteiger partial charge in [0.15, 0.2) is 0 Å². The Labute approximate surface area is 226 Å². The van der Waals surface area contributed by atoms with Crippen LogP contribution in [0.5, 0.6) is 17.2 Å². The molecule has 4 aromatic rings. The Kier molecular flexibility index (Phi) is 7.95. The molecule has 1 fully saturated rings. The maximum Gasteiger partial charge on any atom is 0.141 e. The highest BCUT2D eigenvalue weighted by Gasteiger charge is 2.20. The molecule has 0 spiro atoms. The van der Waals surface area contributed by atoms with E-state index in [1.54, 1.807) is 18.2 Å². The smallest absolute Gasteiger partial charge is 0.141 e. The number of benzene rings is 3. The minimum atomic E-state index is 0.206. The van der Waals surface area contributed by atoms with Crippen LogP contribution in [0.15, 0.2) is 79.1 Å². The summed E-state index contributed by atoms with van der Waals surface area (Å²) in [5.74, 6) is 2.62. The molecule has 0 amide bonds. The molecule has 1 aliphatic heterocycles. The third-order valence-electron chi connectivity index (χ3n) is 6.37. The first-order valence-corrected chi connectivity index (χ1v) is 12.6. The van der Waals surface area contributed by atoms with Crippen molar-refractivity contribution in [3.05, 3.63) is 101 Å². The van der Waals surface area contributed by atoms with Crippen molar-refractivity contribution >= 4 is 17.3 Å². The highest BCUT2D eigenvalue weighted by molar-refractivity contribution is 6.16. The molecule has 0 saturated carbocycles.